The highest BCUT2D eigenvalue weighted by Gasteiger charge is 2.20. The van der Waals surface area contributed by atoms with Crippen molar-refractivity contribution in [1.29, 1.82) is 0 Å². The Labute approximate surface area is 86.2 Å². The molecule has 1 heterocycles. The van der Waals surface area contributed by atoms with E-state index < -0.39 is 0 Å². The molecule has 2 heteroatoms. The molecule has 11 heavy (non-hydrogen) atoms. The lowest BCUT2D eigenvalue weighted by molar-refractivity contribution is 0.586. The first-order valence-electron chi connectivity index (χ1n) is 3.67. The second-order valence-corrected chi connectivity index (χ2v) is 6.01. The van der Waals surface area contributed by atoms with Gasteiger partial charge in [-0.05, 0) is 40.5 Å². The SMILES string of the molecule is Cc1scc(I)c1C(C)(C)C. The van der Waals surface area contributed by atoms with E-state index in [1.165, 1.54) is 14.0 Å². The van der Waals surface area contributed by atoms with Crippen molar-refractivity contribution in [3.05, 3.63) is 19.4 Å². The van der Waals surface area contributed by atoms with Gasteiger partial charge in [-0.1, -0.05) is 20.8 Å². The normalized spacial score (nSPS) is 12.1. The Bertz CT molecular complexity index is 236. The lowest BCUT2D eigenvalue weighted by Gasteiger charge is -2.19. The van der Waals surface area contributed by atoms with Crippen LogP contribution in [0, 0.1) is 10.5 Å². The molecule has 0 radical (unpaired) electrons. The molecule has 1 aromatic heterocycles. The first-order chi connectivity index (χ1) is 4.93. The molecule has 1 aromatic rings. The van der Waals surface area contributed by atoms with Crippen LogP contribution in [0.1, 0.15) is 31.2 Å². The molecule has 0 aliphatic rings. The average Bonchev–Trinajstić information content (AvgIpc) is 2.08. The largest absolute Gasteiger partial charge is 0.148 e. The summed E-state index contributed by atoms with van der Waals surface area (Å²) in [5, 5.41) is 2.23. The molecule has 0 bridgehead atoms. The maximum Gasteiger partial charge on any atom is 0.0277 e. The number of aryl methyl sites for hydroxylation is 1. The van der Waals surface area contributed by atoms with E-state index in [9.17, 15) is 0 Å². The molecule has 0 spiro atoms. The van der Waals surface area contributed by atoms with Crippen LogP contribution in [0.15, 0.2) is 5.38 Å². The second-order valence-electron chi connectivity index (χ2n) is 3.76. The summed E-state index contributed by atoms with van der Waals surface area (Å²) in [6, 6.07) is 0. The summed E-state index contributed by atoms with van der Waals surface area (Å²) >= 11 is 4.27. The van der Waals surface area contributed by atoms with Crippen LogP contribution in [0.2, 0.25) is 0 Å². The molecule has 1 rings (SSSR count). The monoisotopic (exact) mass is 280 g/mol. The van der Waals surface area contributed by atoms with Crippen LogP contribution in [-0.4, -0.2) is 0 Å². The standard InChI is InChI=1S/C9H13IS/c1-6-8(9(2,3)4)7(10)5-11-6/h5H,1-4H3. The highest BCUT2D eigenvalue weighted by molar-refractivity contribution is 14.1. The van der Waals surface area contributed by atoms with Gasteiger partial charge in [0.25, 0.3) is 0 Å². The van der Waals surface area contributed by atoms with Gasteiger partial charge in [-0.2, -0.15) is 0 Å². The zero-order valence-electron chi connectivity index (χ0n) is 7.36. The summed E-state index contributed by atoms with van der Waals surface area (Å²) in [6.45, 7) is 9.01. The van der Waals surface area contributed by atoms with E-state index in [4.69, 9.17) is 0 Å². The molecule has 0 aromatic carbocycles. The predicted octanol–water partition coefficient (Wildman–Crippen LogP) is 3.96. The molecule has 0 N–H and O–H groups in total. The highest BCUT2D eigenvalue weighted by Crippen LogP contribution is 2.33. The van der Waals surface area contributed by atoms with Crippen molar-refractivity contribution in [2.45, 2.75) is 33.1 Å². The highest BCUT2D eigenvalue weighted by atomic mass is 127. The molecular weight excluding hydrogens is 267 g/mol. The minimum Gasteiger partial charge on any atom is -0.148 e. The van der Waals surface area contributed by atoms with Gasteiger partial charge in [-0.15, -0.1) is 11.3 Å². The van der Waals surface area contributed by atoms with E-state index >= 15 is 0 Å². The van der Waals surface area contributed by atoms with Crippen LogP contribution in [0.25, 0.3) is 0 Å². The van der Waals surface area contributed by atoms with E-state index in [-0.39, 0.29) is 0 Å². The average molecular weight is 280 g/mol. The fourth-order valence-electron chi connectivity index (χ4n) is 1.31. The summed E-state index contributed by atoms with van der Waals surface area (Å²) in [5.74, 6) is 0. The number of thiophene rings is 1. The topological polar surface area (TPSA) is 0 Å². The Balaban J connectivity index is 3.21. The van der Waals surface area contributed by atoms with E-state index in [0.29, 0.717) is 5.41 Å². The Kier molecular flexibility index (Phi) is 2.64. The number of hydrogen-bond donors (Lipinski definition) is 0. The van der Waals surface area contributed by atoms with Crippen molar-refractivity contribution in [3.63, 3.8) is 0 Å². The van der Waals surface area contributed by atoms with E-state index in [2.05, 4.69) is 55.7 Å². The van der Waals surface area contributed by atoms with E-state index in [0.717, 1.165) is 0 Å². The molecule has 0 aliphatic heterocycles. The van der Waals surface area contributed by atoms with Gasteiger partial charge in [0.2, 0.25) is 0 Å². The molecule has 0 saturated carbocycles. The Morgan fingerprint density at radius 2 is 1.91 bits per heavy atom. The van der Waals surface area contributed by atoms with Gasteiger partial charge in [0.15, 0.2) is 0 Å². The fourth-order valence-corrected chi connectivity index (χ4v) is 4.02. The van der Waals surface area contributed by atoms with Crippen LogP contribution in [0.3, 0.4) is 0 Å². The van der Waals surface area contributed by atoms with Crippen molar-refractivity contribution in [2.24, 2.45) is 0 Å². The minimum atomic E-state index is 0.306. The molecule has 0 fully saturated rings. The van der Waals surface area contributed by atoms with Gasteiger partial charge in [-0.25, -0.2) is 0 Å². The third-order valence-corrected chi connectivity index (χ3v) is 3.86. The summed E-state index contributed by atoms with van der Waals surface area (Å²) < 4.78 is 1.41. The van der Waals surface area contributed by atoms with Crippen LogP contribution in [0.4, 0.5) is 0 Å². The zero-order valence-corrected chi connectivity index (χ0v) is 10.3. The third kappa shape index (κ3) is 1.96. The lowest BCUT2D eigenvalue weighted by Crippen LogP contribution is -2.12. The Morgan fingerprint density at radius 3 is 2.09 bits per heavy atom. The minimum absolute atomic E-state index is 0.306. The quantitative estimate of drug-likeness (QED) is 0.631. The van der Waals surface area contributed by atoms with E-state index in [1.807, 2.05) is 11.3 Å². The van der Waals surface area contributed by atoms with Gasteiger partial charge in [0, 0.05) is 13.8 Å². The van der Waals surface area contributed by atoms with E-state index in [1.54, 1.807) is 0 Å². The Morgan fingerprint density at radius 1 is 1.36 bits per heavy atom. The summed E-state index contributed by atoms with van der Waals surface area (Å²) in [4.78, 5) is 1.46. The van der Waals surface area contributed by atoms with Crippen molar-refractivity contribution in [3.8, 4) is 0 Å². The van der Waals surface area contributed by atoms with Crippen LogP contribution in [0.5, 0.6) is 0 Å². The smallest absolute Gasteiger partial charge is 0.0277 e. The third-order valence-electron chi connectivity index (χ3n) is 1.68. The first-order valence-corrected chi connectivity index (χ1v) is 5.63. The lowest BCUT2D eigenvalue weighted by atomic mass is 9.88. The van der Waals surface area contributed by atoms with Crippen LogP contribution in [-0.2, 0) is 5.41 Å². The van der Waals surface area contributed by atoms with Crippen molar-refractivity contribution in [2.75, 3.05) is 0 Å². The number of hydrogen-bond acceptors (Lipinski definition) is 1. The van der Waals surface area contributed by atoms with Crippen molar-refractivity contribution >= 4 is 33.9 Å². The maximum atomic E-state index is 2.42. The molecule has 62 valence electrons. The van der Waals surface area contributed by atoms with Gasteiger partial charge in [0.1, 0.15) is 0 Å². The summed E-state index contributed by atoms with van der Waals surface area (Å²) in [5.41, 5.74) is 1.82. The molecule has 0 amide bonds. The second kappa shape index (κ2) is 3.05. The molecule has 0 aliphatic carbocycles. The summed E-state index contributed by atoms with van der Waals surface area (Å²) in [6.07, 6.45) is 0. The molecular formula is C9H13IS. The Hall–Kier alpha value is 0.430. The van der Waals surface area contributed by atoms with Crippen LogP contribution < -0.4 is 0 Å². The molecule has 0 nitrogen and oxygen atoms in total. The fraction of sp³-hybridized carbons (Fsp3) is 0.556. The van der Waals surface area contributed by atoms with Gasteiger partial charge < -0.3 is 0 Å². The number of halogens is 1. The maximum absolute atomic E-state index is 2.42. The van der Waals surface area contributed by atoms with Gasteiger partial charge in [0.05, 0.1) is 0 Å². The zero-order chi connectivity index (χ0) is 8.65. The molecule has 0 atom stereocenters. The number of rotatable bonds is 0. The molecule has 0 saturated heterocycles. The van der Waals surface area contributed by atoms with Crippen molar-refractivity contribution in [1.82, 2.24) is 0 Å². The summed E-state index contributed by atoms with van der Waals surface area (Å²) in [7, 11) is 0. The van der Waals surface area contributed by atoms with Gasteiger partial charge in [-0.3, -0.25) is 0 Å². The van der Waals surface area contributed by atoms with Gasteiger partial charge >= 0.3 is 0 Å². The molecule has 0 unspecified atom stereocenters. The predicted molar refractivity (Wildman–Crippen MR) is 60.5 cm³/mol. The van der Waals surface area contributed by atoms with Crippen molar-refractivity contribution < 1.29 is 0 Å². The van der Waals surface area contributed by atoms with Crippen LogP contribution >= 0.6 is 33.9 Å². The first kappa shape index (κ1) is 9.52.